The number of carbonyl (C=O) groups excluding carboxylic acids is 1. The van der Waals surface area contributed by atoms with E-state index in [0.717, 1.165) is 4.31 Å². The highest BCUT2D eigenvalue weighted by Crippen LogP contribution is 2.35. The number of benzene rings is 2. The van der Waals surface area contributed by atoms with Crippen molar-refractivity contribution in [2.24, 2.45) is 0 Å². The van der Waals surface area contributed by atoms with E-state index in [1.807, 2.05) is 0 Å². The molecule has 2 N–H and O–H groups in total. The molecule has 0 bridgehead atoms. The maximum absolute atomic E-state index is 13.1. The minimum atomic E-state index is -4.08. The molecule has 2 atom stereocenters. The van der Waals surface area contributed by atoms with Gasteiger partial charge in [-0.1, -0.05) is 23.2 Å². The van der Waals surface area contributed by atoms with Gasteiger partial charge in [-0.3, -0.25) is 4.79 Å². The van der Waals surface area contributed by atoms with E-state index in [2.05, 4.69) is 5.32 Å². The summed E-state index contributed by atoms with van der Waals surface area (Å²) >= 11 is 11.8. The molecule has 2 heterocycles. The Kier molecular flexibility index (Phi) is 5.34. The number of carbonyl (C=O) groups is 1. The highest BCUT2D eigenvalue weighted by atomic mass is 35.5. The van der Waals surface area contributed by atoms with Gasteiger partial charge in [-0.15, -0.1) is 0 Å². The Balaban J connectivity index is 1.58. The zero-order chi connectivity index (χ0) is 20.8. The largest absolute Gasteiger partial charge is 0.454 e. The SMILES string of the molecule is O=C(Nc1ccc2c(c1)OCO2)[C@@H]1C[C@H](O)CN1S(=O)(=O)c1ccc(Cl)c(Cl)c1. The molecule has 1 fully saturated rings. The van der Waals surface area contributed by atoms with Crippen LogP contribution in [-0.2, 0) is 14.8 Å². The number of amides is 1. The van der Waals surface area contributed by atoms with Crippen LogP contribution in [0.1, 0.15) is 6.42 Å². The Morgan fingerprint density at radius 3 is 2.62 bits per heavy atom. The van der Waals surface area contributed by atoms with Crippen LogP contribution < -0.4 is 14.8 Å². The molecule has 0 aliphatic carbocycles. The van der Waals surface area contributed by atoms with Crippen molar-refractivity contribution < 1.29 is 27.8 Å². The molecule has 154 valence electrons. The first-order chi connectivity index (χ1) is 13.8. The molecule has 4 rings (SSSR count). The number of anilines is 1. The first-order valence-electron chi connectivity index (χ1n) is 8.61. The molecule has 2 aliphatic heterocycles. The van der Waals surface area contributed by atoms with Crippen molar-refractivity contribution in [2.75, 3.05) is 18.7 Å². The molecule has 0 saturated carbocycles. The van der Waals surface area contributed by atoms with Gasteiger partial charge < -0.3 is 19.9 Å². The first-order valence-corrected chi connectivity index (χ1v) is 10.8. The molecule has 2 aromatic carbocycles. The number of nitrogens with zero attached hydrogens (tertiary/aromatic N) is 1. The van der Waals surface area contributed by atoms with Gasteiger partial charge in [0.05, 0.1) is 21.0 Å². The molecule has 0 unspecified atom stereocenters. The van der Waals surface area contributed by atoms with Gasteiger partial charge in [-0.25, -0.2) is 8.42 Å². The summed E-state index contributed by atoms with van der Waals surface area (Å²) in [4.78, 5) is 12.7. The summed E-state index contributed by atoms with van der Waals surface area (Å²) in [7, 11) is -4.08. The predicted octanol–water partition coefficient (Wildman–Crippen LogP) is 2.48. The maximum atomic E-state index is 13.1. The first kappa shape index (κ1) is 20.2. The lowest BCUT2D eigenvalue weighted by Gasteiger charge is -2.23. The number of hydrogen-bond acceptors (Lipinski definition) is 6. The topological polar surface area (TPSA) is 105 Å². The highest BCUT2D eigenvalue weighted by molar-refractivity contribution is 7.89. The Bertz CT molecular complexity index is 1080. The molecular formula is C18H16Cl2N2O6S. The van der Waals surface area contributed by atoms with Crippen molar-refractivity contribution in [1.29, 1.82) is 0 Å². The predicted molar refractivity (Wildman–Crippen MR) is 106 cm³/mol. The molecule has 1 saturated heterocycles. The normalized spacial score (nSPS) is 21.3. The summed E-state index contributed by atoms with van der Waals surface area (Å²) in [5, 5.41) is 13.0. The second-order valence-corrected chi connectivity index (χ2v) is 9.32. The lowest BCUT2D eigenvalue weighted by Crippen LogP contribution is -2.43. The average Bonchev–Trinajstić information content (AvgIpc) is 3.30. The van der Waals surface area contributed by atoms with Crippen LogP contribution in [0.5, 0.6) is 11.5 Å². The number of fused-ring (bicyclic) bond motifs is 1. The number of nitrogens with one attached hydrogen (secondary N) is 1. The molecule has 0 aromatic heterocycles. The fourth-order valence-electron chi connectivity index (χ4n) is 3.26. The fraction of sp³-hybridized carbons (Fsp3) is 0.278. The monoisotopic (exact) mass is 458 g/mol. The molecule has 0 radical (unpaired) electrons. The van der Waals surface area contributed by atoms with Crippen LogP contribution >= 0.6 is 23.2 Å². The Labute approximate surface area is 177 Å². The maximum Gasteiger partial charge on any atom is 0.243 e. The molecule has 11 heteroatoms. The van der Waals surface area contributed by atoms with Gasteiger partial charge in [0.2, 0.25) is 22.7 Å². The third kappa shape index (κ3) is 3.88. The molecular weight excluding hydrogens is 443 g/mol. The fourth-order valence-corrected chi connectivity index (χ4v) is 5.29. The lowest BCUT2D eigenvalue weighted by atomic mass is 10.2. The van der Waals surface area contributed by atoms with Crippen molar-refractivity contribution in [1.82, 2.24) is 4.31 Å². The van der Waals surface area contributed by atoms with Crippen LogP contribution in [0.15, 0.2) is 41.3 Å². The zero-order valence-electron chi connectivity index (χ0n) is 14.8. The number of β-amino-alcohol motifs (C(OH)–C–C–N with tert-alkyl or cyclic N) is 1. The van der Waals surface area contributed by atoms with E-state index in [4.69, 9.17) is 32.7 Å². The number of ether oxygens (including phenoxy) is 2. The Morgan fingerprint density at radius 2 is 1.86 bits per heavy atom. The van der Waals surface area contributed by atoms with Crippen LogP contribution in [0.4, 0.5) is 5.69 Å². The minimum absolute atomic E-state index is 0.0308. The minimum Gasteiger partial charge on any atom is -0.454 e. The summed E-state index contributed by atoms with van der Waals surface area (Å²) in [6.07, 6.45) is -1.00. The summed E-state index contributed by atoms with van der Waals surface area (Å²) < 4.78 is 37.6. The number of aliphatic hydroxyl groups is 1. The highest BCUT2D eigenvalue weighted by Gasteiger charge is 2.43. The standard InChI is InChI=1S/C18H16Cl2N2O6S/c19-13-3-2-12(7-14(13)20)29(25,26)22-8-11(23)6-15(22)18(24)21-10-1-4-16-17(5-10)28-9-27-16/h1-5,7,11,15,23H,6,8-9H2,(H,21,24)/t11-,15-/m0/s1. The van der Waals surface area contributed by atoms with Crippen molar-refractivity contribution in [3.05, 3.63) is 46.4 Å². The molecule has 2 aromatic rings. The number of aliphatic hydroxyl groups excluding tert-OH is 1. The van der Waals surface area contributed by atoms with E-state index < -0.39 is 28.1 Å². The van der Waals surface area contributed by atoms with Crippen molar-refractivity contribution in [3.63, 3.8) is 0 Å². The van der Waals surface area contributed by atoms with Gasteiger partial charge in [0, 0.05) is 24.7 Å². The third-order valence-corrected chi connectivity index (χ3v) is 7.28. The molecule has 8 nitrogen and oxygen atoms in total. The van der Waals surface area contributed by atoms with E-state index >= 15 is 0 Å². The number of halogens is 2. The van der Waals surface area contributed by atoms with Crippen LogP contribution in [-0.4, -0.2) is 49.2 Å². The van der Waals surface area contributed by atoms with Gasteiger partial charge >= 0.3 is 0 Å². The number of sulfonamides is 1. The molecule has 0 spiro atoms. The van der Waals surface area contributed by atoms with Gasteiger partial charge in [0.25, 0.3) is 0 Å². The average molecular weight is 459 g/mol. The van der Waals surface area contributed by atoms with E-state index in [1.54, 1.807) is 18.2 Å². The van der Waals surface area contributed by atoms with E-state index in [1.165, 1.54) is 18.2 Å². The quantitative estimate of drug-likeness (QED) is 0.728. The van der Waals surface area contributed by atoms with Gasteiger partial charge in [-0.2, -0.15) is 4.31 Å². The Hall–Kier alpha value is -2.04. The summed E-state index contributed by atoms with van der Waals surface area (Å²) in [6.45, 7) is -0.112. The van der Waals surface area contributed by atoms with E-state index in [9.17, 15) is 18.3 Å². The Morgan fingerprint density at radius 1 is 1.10 bits per heavy atom. The van der Waals surface area contributed by atoms with E-state index in [-0.39, 0.29) is 34.7 Å². The van der Waals surface area contributed by atoms with Crippen LogP contribution in [0, 0.1) is 0 Å². The van der Waals surface area contributed by atoms with Crippen LogP contribution in [0.2, 0.25) is 10.0 Å². The zero-order valence-corrected chi connectivity index (χ0v) is 17.2. The molecule has 29 heavy (non-hydrogen) atoms. The van der Waals surface area contributed by atoms with Gasteiger partial charge in [0.15, 0.2) is 11.5 Å². The van der Waals surface area contributed by atoms with Crippen LogP contribution in [0.25, 0.3) is 0 Å². The number of rotatable bonds is 4. The second kappa shape index (κ2) is 7.66. The third-order valence-electron chi connectivity index (χ3n) is 4.67. The summed E-state index contributed by atoms with van der Waals surface area (Å²) in [5.41, 5.74) is 0.424. The van der Waals surface area contributed by atoms with Crippen molar-refractivity contribution >= 4 is 44.8 Å². The van der Waals surface area contributed by atoms with Crippen molar-refractivity contribution in [2.45, 2.75) is 23.5 Å². The number of hydrogen-bond donors (Lipinski definition) is 2. The lowest BCUT2D eigenvalue weighted by molar-refractivity contribution is -0.119. The summed E-state index contributed by atoms with van der Waals surface area (Å²) in [5.74, 6) is 0.474. The van der Waals surface area contributed by atoms with Crippen molar-refractivity contribution in [3.8, 4) is 11.5 Å². The molecule has 1 amide bonds. The molecule has 2 aliphatic rings. The van der Waals surface area contributed by atoms with Gasteiger partial charge in [0.1, 0.15) is 6.04 Å². The second-order valence-electron chi connectivity index (χ2n) is 6.61. The smallest absolute Gasteiger partial charge is 0.243 e. The summed E-state index contributed by atoms with van der Waals surface area (Å²) in [6, 6.07) is 7.65. The van der Waals surface area contributed by atoms with E-state index in [0.29, 0.717) is 17.2 Å². The van der Waals surface area contributed by atoms with Gasteiger partial charge in [-0.05, 0) is 30.3 Å². The van der Waals surface area contributed by atoms with Crippen LogP contribution in [0.3, 0.4) is 0 Å².